The molecule has 9 atom stereocenters. The standard InChI is InChI=1S/C25H36O7/c1-13(26)15-10-14-4-5-19-18(24(14,31-3)11-20(15)27)6-8-23(2)17(7-9-25(19,23)30)16-12-32-22(29)21(16)28/h14-15,17-20,27-28,30H,4-12H2,1-3H3. The zero-order valence-electron chi connectivity index (χ0n) is 19.3. The molecule has 0 amide bonds. The normalized spacial score (nSPS) is 50.5. The number of hydrogen-bond acceptors (Lipinski definition) is 7. The first-order valence-electron chi connectivity index (χ1n) is 12.1. The molecule has 0 aromatic heterocycles. The summed E-state index contributed by atoms with van der Waals surface area (Å²) >= 11 is 0. The molecule has 4 aliphatic carbocycles. The lowest BCUT2D eigenvalue weighted by Gasteiger charge is -2.64. The number of fused-ring (bicyclic) bond motifs is 5. The lowest BCUT2D eigenvalue weighted by Crippen LogP contribution is -2.67. The molecule has 0 bridgehead atoms. The zero-order valence-corrected chi connectivity index (χ0v) is 19.3. The van der Waals surface area contributed by atoms with Crippen LogP contribution in [0.15, 0.2) is 11.3 Å². The van der Waals surface area contributed by atoms with Crippen molar-refractivity contribution in [1.82, 2.24) is 0 Å². The average Bonchev–Trinajstić information content (AvgIpc) is 3.22. The van der Waals surface area contributed by atoms with E-state index in [2.05, 4.69) is 6.92 Å². The number of rotatable bonds is 3. The van der Waals surface area contributed by atoms with Gasteiger partial charge in [0.25, 0.3) is 0 Å². The number of methoxy groups -OCH3 is 1. The number of carbonyl (C=O) groups excluding carboxylic acids is 2. The summed E-state index contributed by atoms with van der Waals surface area (Å²) < 4.78 is 11.3. The molecule has 7 nitrogen and oxygen atoms in total. The molecule has 4 fully saturated rings. The van der Waals surface area contributed by atoms with Crippen LogP contribution in [0.3, 0.4) is 0 Å². The smallest absolute Gasteiger partial charge is 0.373 e. The molecule has 7 heteroatoms. The SMILES string of the molecule is COC12CC(O)C(C(C)=O)CC1CCC1C2CCC2(C)C(C3=C(O)C(=O)OC3)CCC12O. The first-order valence-corrected chi connectivity index (χ1v) is 12.1. The van der Waals surface area contributed by atoms with Gasteiger partial charge < -0.3 is 24.8 Å². The van der Waals surface area contributed by atoms with Crippen LogP contribution < -0.4 is 0 Å². The molecule has 1 aliphatic heterocycles. The maximum Gasteiger partial charge on any atom is 0.373 e. The van der Waals surface area contributed by atoms with E-state index in [1.54, 1.807) is 14.0 Å². The third kappa shape index (κ3) is 2.70. The van der Waals surface area contributed by atoms with Crippen LogP contribution in [-0.2, 0) is 19.1 Å². The highest BCUT2D eigenvalue weighted by Gasteiger charge is 2.69. The Morgan fingerprint density at radius 3 is 2.53 bits per heavy atom. The Balaban J connectivity index is 1.48. The summed E-state index contributed by atoms with van der Waals surface area (Å²) in [4.78, 5) is 23.9. The number of cyclic esters (lactones) is 1. The van der Waals surface area contributed by atoms with Crippen LogP contribution in [0, 0.1) is 35.0 Å². The van der Waals surface area contributed by atoms with Crippen molar-refractivity contribution in [3.05, 3.63) is 11.3 Å². The largest absolute Gasteiger partial charge is 0.502 e. The fourth-order valence-corrected chi connectivity index (χ4v) is 8.85. The minimum absolute atomic E-state index is 0.0179. The van der Waals surface area contributed by atoms with E-state index < -0.39 is 28.7 Å². The van der Waals surface area contributed by atoms with Gasteiger partial charge in [0, 0.05) is 30.4 Å². The first kappa shape index (κ1) is 22.4. The van der Waals surface area contributed by atoms with Crippen LogP contribution in [-0.4, -0.2) is 58.1 Å². The van der Waals surface area contributed by atoms with Gasteiger partial charge in [-0.1, -0.05) is 6.92 Å². The highest BCUT2D eigenvalue weighted by atomic mass is 16.6. The Morgan fingerprint density at radius 2 is 1.91 bits per heavy atom. The predicted octanol–water partition coefficient (Wildman–Crippen LogP) is 2.68. The monoisotopic (exact) mass is 448 g/mol. The number of esters is 1. The van der Waals surface area contributed by atoms with E-state index in [1.165, 1.54) is 0 Å². The zero-order chi connectivity index (χ0) is 23.1. The van der Waals surface area contributed by atoms with E-state index in [4.69, 9.17) is 9.47 Å². The van der Waals surface area contributed by atoms with E-state index in [0.29, 0.717) is 31.3 Å². The van der Waals surface area contributed by atoms with Crippen molar-refractivity contribution in [3.8, 4) is 0 Å². The maximum absolute atomic E-state index is 12.3. The van der Waals surface area contributed by atoms with E-state index in [1.807, 2.05) is 0 Å². The van der Waals surface area contributed by atoms with Crippen LogP contribution in [0.25, 0.3) is 0 Å². The van der Waals surface area contributed by atoms with Crippen molar-refractivity contribution in [3.63, 3.8) is 0 Å². The Morgan fingerprint density at radius 1 is 1.16 bits per heavy atom. The molecule has 32 heavy (non-hydrogen) atoms. The quantitative estimate of drug-likeness (QED) is 0.569. The summed E-state index contributed by atoms with van der Waals surface area (Å²) in [5.74, 6) is -0.993. The Hall–Kier alpha value is -1.44. The molecule has 0 radical (unpaired) electrons. The summed E-state index contributed by atoms with van der Waals surface area (Å²) in [7, 11) is 1.72. The van der Waals surface area contributed by atoms with Crippen LogP contribution in [0.1, 0.15) is 65.2 Å². The van der Waals surface area contributed by atoms with Gasteiger partial charge in [-0.15, -0.1) is 0 Å². The number of ketones is 1. The van der Waals surface area contributed by atoms with Gasteiger partial charge >= 0.3 is 5.97 Å². The summed E-state index contributed by atoms with van der Waals surface area (Å²) in [5, 5.41) is 33.4. The van der Waals surface area contributed by atoms with Crippen LogP contribution >= 0.6 is 0 Å². The minimum Gasteiger partial charge on any atom is -0.502 e. The van der Waals surface area contributed by atoms with Crippen molar-refractivity contribution in [2.75, 3.05) is 13.7 Å². The van der Waals surface area contributed by atoms with Gasteiger partial charge in [-0.3, -0.25) is 4.79 Å². The van der Waals surface area contributed by atoms with E-state index in [-0.39, 0.29) is 47.7 Å². The molecule has 9 unspecified atom stereocenters. The molecule has 1 heterocycles. The van der Waals surface area contributed by atoms with Crippen LogP contribution in [0.5, 0.6) is 0 Å². The van der Waals surface area contributed by atoms with Crippen molar-refractivity contribution in [2.24, 2.45) is 35.0 Å². The number of ether oxygens (including phenoxy) is 2. The third-order valence-electron chi connectivity index (χ3n) is 10.5. The number of hydrogen-bond donors (Lipinski definition) is 3. The minimum atomic E-state index is -0.932. The second-order valence-electron chi connectivity index (χ2n) is 11.3. The Labute approximate surface area is 189 Å². The highest BCUT2D eigenvalue weighted by Crippen LogP contribution is 2.69. The molecule has 3 N–H and O–H groups in total. The number of carbonyl (C=O) groups is 2. The van der Waals surface area contributed by atoms with Crippen LogP contribution in [0.2, 0.25) is 0 Å². The molecule has 178 valence electrons. The molecule has 0 spiro atoms. The lowest BCUT2D eigenvalue weighted by atomic mass is 9.45. The average molecular weight is 449 g/mol. The first-order chi connectivity index (χ1) is 15.1. The number of aliphatic hydroxyl groups is 3. The van der Waals surface area contributed by atoms with E-state index in [0.717, 1.165) is 25.7 Å². The van der Waals surface area contributed by atoms with Gasteiger partial charge in [0.1, 0.15) is 12.4 Å². The maximum atomic E-state index is 12.3. The lowest BCUT2D eigenvalue weighted by molar-refractivity contribution is -0.252. The third-order valence-corrected chi connectivity index (χ3v) is 10.5. The fraction of sp³-hybridized carbons (Fsp3) is 0.840. The summed E-state index contributed by atoms with van der Waals surface area (Å²) in [6.45, 7) is 3.78. The van der Waals surface area contributed by atoms with Crippen molar-refractivity contribution in [1.29, 1.82) is 0 Å². The second-order valence-corrected chi connectivity index (χ2v) is 11.3. The molecule has 0 saturated heterocycles. The number of aliphatic hydroxyl groups excluding tert-OH is 2. The van der Waals surface area contributed by atoms with E-state index in [9.17, 15) is 24.9 Å². The van der Waals surface area contributed by atoms with Gasteiger partial charge in [-0.2, -0.15) is 0 Å². The molecular weight excluding hydrogens is 412 g/mol. The van der Waals surface area contributed by atoms with Crippen molar-refractivity contribution >= 4 is 11.8 Å². The van der Waals surface area contributed by atoms with Gasteiger partial charge in [0.05, 0.1) is 17.3 Å². The topological polar surface area (TPSA) is 113 Å². The van der Waals surface area contributed by atoms with Gasteiger partial charge in [0.15, 0.2) is 0 Å². The van der Waals surface area contributed by atoms with Crippen molar-refractivity contribution in [2.45, 2.75) is 82.5 Å². The molecule has 0 aromatic rings. The van der Waals surface area contributed by atoms with Gasteiger partial charge in [-0.25, -0.2) is 4.79 Å². The Kier molecular flexibility index (Phi) is 5.08. The molecule has 5 aliphatic rings. The summed E-state index contributed by atoms with van der Waals surface area (Å²) in [5.41, 5.74) is -1.28. The fourth-order valence-electron chi connectivity index (χ4n) is 8.85. The molecular formula is C25H36O7. The second kappa shape index (κ2) is 7.28. The van der Waals surface area contributed by atoms with Crippen molar-refractivity contribution < 1.29 is 34.4 Å². The molecule has 4 saturated carbocycles. The summed E-state index contributed by atoms with van der Waals surface area (Å²) in [6, 6.07) is 0. The van der Waals surface area contributed by atoms with E-state index >= 15 is 0 Å². The van der Waals surface area contributed by atoms with Gasteiger partial charge in [0.2, 0.25) is 5.76 Å². The Bertz CT molecular complexity index is 866. The number of Topliss-reactive ketones (excluding diaryl/α,β-unsaturated/α-hetero) is 1. The van der Waals surface area contributed by atoms with Gasteiger partial charge in [-0.05, 0) is 75.5 Å². The summed E-state index contributed by atoms with van der Waals surface area (Å²) in [6.07, 6.45) is 5.02. The van der Waals surface area contributed by atoms with Crippen LogP contribution in [0.4, 0.5) is 0 Å². The molecule has 5 rings (SSSR count). The highest BCUT2D eigenvalue weighted by molar-refractivity contribution is 5.89. The molecule has 0 aromatic carbocycles. The predicted molar refractivity (Wildman–Crippen MR) is 114 cm³/mol.